The lowest BCUT2D eigenvalue weighted by molar-refractivity contribution is -0.123. The van der Waals surface area contributed by atoms with Crippen molar-refractivity contribution in [3.63, 3.8) is 0 Å². The highest BCUT2D eigenvalue weighted by Gasteiger charge is 2.36. The number of aliphatic hydroxyl groups excluding tert-OH is 1. The third kappa shape index (κ3) is 5.28. The molecule has 2 N–H and O–H groups in total. The lowest BCUT2D eigenvalue weighted by Gasteiger charge is -2.30. The first-order chi connectivity index (χ1) is 12.0. The Morgan fingerprint density at radius 3 is 2.65 bits per heavy atom. The number of nitrogens with one attached hydrogen (secondary N) is 1. The van der Waals surface area contributed by atoms with Crippen LogP contribution in [0.15, 0.2) is 18.6 Å². The molecule has 8 heteroatoms. The van der Waals surface area contributed by atoms with Gasteiger partial charge < -0.3 is 15.3 Å². The normalized spacial score (nSPS) is 24.5. The summed E-state index contributed by atoms with van der Waals surface area (Å²) in [4.78, 5) is 25.4. The van der Waals surface area contributed by atoms with Crippen molar-refractivity contribution in [2.45, 2.75) is 38.8 Å². The Hall–Kier alpha value is -1.44. The number of nitrogens with zero attached hydrogens (tertiary/aromatic N) is 4. The number of hydrogen-bond acceptors (Lipinski definition) is 6. The fourth-order valence-electron chi connectivity index (χ4n) is 3.83. The number of piperidine rings is 1. The molecule has 2 fully saturated rings. The predicted octanol–water partition coefficient (Wildman–Crippen LogP) is 0.932. The van der Waals surface area contributed by atoms with Crippen molar-refractivity contribution < 1.29 is 9.90 Å². The molecule has 2 atom stereocenters. The third-order valence-electron chi connectivity index (χ3n) is 5.37. The second-order valence-electron chi connectivity index (χ2n) is 7.56. The van der Waals surface area contributed by atoms with Gasteiger partial charge in [0, 0.05) is 44.5 Å². The Morgan fingerprint density at radius 2 is 2.04 bits per heavy atom. The quantitative estimate of drug-likeness (QED) is 0.787. The number of halogens is 1. The molecule has 0 bridgehead atoms. The molecule has 1 aromatic rings. The number of aliphatic hydroxyl groups is 1. The smallest absolute Gasteiger partial charge is 0.234 e. The summed E-state index contributed by atoms with van der Waals surface area (Å²) < 4.78 is 0. The summed E-state index contributed by atoms with van der Waals surface area (Å²) in [5.41, 5.74) is 0. The van der Waals surface area contributed by atoms with Crippen LogP contribution in [0.3, 0.4) is 0 Å². The zero-order chi connectivity index (χ0) is 17.8. The van der Waals surface area contributed by atoms with Gasteiger partial charge in [0.05, 0.1) is 24.9 Å². The molecule has 146 valence electrons. The van der Waals surface area contributed by atoms with Crippen molar-refractivity contribution in [2.75, 3.05) is 37.6 Å². The molecule has 0 radical (unpaired) electrons. The first kappa shape index (κ1) is 20.9. The highest BCUT2D eigenvalue weighted by atomic mass is 35.5. The molecule has 26 heavy (non-hydrogen) atoms. The van der Waals surface area contributed by atoms with Crippen LogP contribution in [0, 0.1) is 11.8 Å². The van der Waals surface area contributed by atoms with E-state index in [1.807, 2.05) is 0 Å². The van der Waals surface area contributed by atoms with Crippen molar-refractivity contribution >= 4 is 24.1 Å². The van der Waals surface area contributed by atoms with E-state index in [-0.39, 0.29) is 30.5 Å². The van der Waals surface area contributed by atoms with E-state index in [4.69, 9.17) is 0 Å². The number of aromatic nitrogens is 2. The Balaban J connectivity index is 0.00000243. The van der Waals surface area contributed by atoms with Crippen LogP contribution in [0.25, 0.3) is 0 Å². The minimum absolute atomic E-state index is 0. The molecule has 0 spiro atoms. The van der Waals surface area contributed by atoms with Crippen LogP contribution < -0.4 is 10.2 Å². The molecule has 0 aromatic carbocycles. The molecule has 3 rings (SSSR count). The first-order valence-electron chi connectivity index (χ1n) is 9.23. The van der Waals surface area contributed by atoms with Crippen LogP contribution in [0.1, 0.15) is 26.7 Å². The van der Waals surface area contributed by atoms with E-state index in [1.165, 1.54) is 0 Å². The Morgan fingerprint density at radius 1 is 1.31 bits per heavy atom. The van der Waals surface area contributed by atoms with Gasteiger partial charge in [-0.15, -0.1) is 12.4 Å². The summed E-state index contributed by atoms with van der Waals surface area (Å²) in [5, 5.41) is 12.8. The highest BCUT2D eigenvalue weighted by Crippen LogP contribution is 2.27. The number of rotatable bonds is 5. The lowest BCUT2D eigenvalue weighted by atomic mass is 9.91. The molecule has 1 aromatic heterocycles. The van der Waals surface area contributed by atoms with Crippen LogP contribution in [0.5, 0.6) is 0 Å². The summed E-state index contributed by atoms with van der Waals surface area (Å²) in [6.45, 7) is 8.06. The van der Waals surface area contributed by atoms with Crippen molar-refractivity contribution in [3.8, 4) is 0 Å². The van der Waals surface area contributed by atoms with Crippen LogP contribution >= 0.6 is 12.4 Å². The molecule has 2 saturated heterocycles. The largest absolute Gasteiger partial charge is 0.393 e. The maximum atomic E-state index is 12.5. The van der Waals surface area contributed by atoms with Crippen LogP contribution in [0.2, 0.25) is 0 Å². The van der Waals surface area contributed by atoms with Gasteiger partial charge in [-0.1, -0.05) is 13.8 Å². The summed E-state index contributed by atoms with van der Waals surface area (Å²) in [5.74, 6) is 1.83. The van der Waals surface area contributed by atoms with E-state index in [2.05, 4.69) is 38.9 Å². The van der Waals surface area contributed by atoms with Crippen molar-refractivity contribution in [1.82, 2.24) is 20.2 Å². The standard InChI is InChI=1S/C18H29N5O2.ClH/c1-13(2)15-10-23(17-9-19-5-6-20-17)11-16(15)21-18(25)12-22-7-3-14(24)4-8-22;/h5-6,9,13-16,24H,3-4,7-8,10-12H2,1-2H3,(H,21,25);1H/t15-,16+;/m1./s1. The monoisotopic (exact) mass is 383 g/mol. The maximum Gasteiger partial charge on any atom is 0.234 e. The number of amides is 1. The number of carbonyl (C=O) groups excluding carboxylic acids is 1. The van der Waals surface area contributed by atoms with Gasteiger partial charge in [-0.25, -0.2) is 4.98 Å². The minimum Gasteiger partial charge on any atom is -0.393 e. The molecule has 2 aliphatic heterocycles. The topological polar surface area (TPSA) is 81.6 Å². The van der Waals surface area contributed by atoms with E-state index in [1.54, 1.807) is 18.6 Å². The molecular weight excluding hydrogens is 354 g/mol. The predicted molar refractivity (Wildman–Crippen MR) is 103 cm³/mol. The van der Waals surface area contributed by atoms with Crippen molar-refractivity contribution in [2.24, 2.45) is 11.8 Å². The maximum absolute atomic E-state index is 12.5. The molecule has 3 heterocycles. The fraction of sp³-hybridized carbons (Fsp3) is 0.722. The molecule has 0 aliphatic carbocycles. The highest BCUT2D eigenvalue weighted by molar-refractivity contribution is 5.85. The molecule has 2 aliphatic rings. The SMILES string of the molecule is CC(C)[C@H]1CN(c2cnccn2)C[C@@H]1NC(=O)CN1CCC(O)CC1.Cl. The van der Waals surface area contributed by atoms with E-state index in [0.29, 0.717) is 18.4 Å². The lowest BCUT2D eigenvalue weighted by Crippen LogP contribution is -2.48. The average molecular weight is 384 g/mol. The fourth-order valence-corrected chi connectivity index (χ4v) is 3.83. The summed E-state index contributed by atoms with van der Waals surface area (Å²) in [6.07, 6.45) is 6.46. The molecule has 1 amide bonds. The number of hydrogen-bond donors (Lipinski definition) is 2. The van der Waals surface area contributed by atoms with Gasteiger partial charge in [0.15, 0.2) is 0 Å². The van der Waals surface area contributed by atoms with Gasteiger partial charge in [-0.3, -0.25) is 14.7 Å². The Bertz CT molecular complexity index is 566. The van der Waals surface area contributed by atoms with E-state index >= 15 is 0 Å². The van der Waals surface area contributed by atoms with Gasteiger partial charge >= 0.3 is 0 Å². The third-order valence-corrected chi connectivity index (χ3v) is 5.37. The zero-order valence-electron chi connectivity index (χ0n) is 15.5. The summed E-state index contributed by atoms with van der Waals surface area (Å²) in [6, 6.07) is 0.130. The minimum atomic E-state index is -0.208. The van der Waals surface area contributed by atoms with Gasteiger partial charge in [-0.2, -0.15) is 0 Å². The van der Waals surface area contributed by atoms with E-state index in [0.717, 1.165) is 44.8 Å². The van der Waals surface area contributed by atoms with Crippen molar-refractivity contribution in [1.29, 1.82) is 0 Å². The summed E-state index contributed by atoms with van der Waals surface area (Å²) >= 11 is 0. The van der Waals surface area contributed by atoms with Gasteiger partial charge in [0.1, 0.15) is 5.82 Å². The summed E-state index contributed by atoms with van der Waals surface area (Å²) in [7, 11) is 0. The molecular formula is C18H30ClN5O2. The van der Waals surface area contributed by atoms with Gasteiger partial charge in [0.25, 0.3) is 0 Å². The van der Waals surface area contributed by atoms with E-state index in [9.17, 15) is 9.90 Å². The molecule has 0 saturated carbocycles. The van der Waals surface area contributed by atoms with Gasteiger partial charge in [-0.05, 0) is 18.8 Å². The Kier molecular flexibility index (Phi) is 7.61. The second kappa shape index (κ2) is 9.48. The molecule has 0 unspecified atom stereocenters. The first-order valence-corrected chi connectivity index (χ1v) is 9.23. The second-order valence-corrected chi connectivity index (χ2v) is 7.56. The number of anilines is 1. The molecule has 7 nitrogen and oxygen atoms in total. The average Bonchev–Trinajstić information content (AvgIpc) is 3.02. The van der Waals surface area contributed by atoms with Gasteiger partial charge in [0.2, 0.25) is 5.91 Å². The van der Waals surface area contributed by atoms with E-state index < -0.39 is 0 Å². The number of likely N-dealkylation sites (tertiary alicyclic amines) is 1. The van der Waals surface area contributed by atoms with Crippen molar-refractivity contribution in [3.05, 3.63) is 18.6 Å². The van der Waals surface area contributed by atoms with Crippen LogP contribution in [0.4, 0.5) is 5.82 Å². The van der Waals surface area contributed by atoms with Crippen LogP contribution in [-0.4, -0.2) is 70.8 Å². The Labute approximate surface area is 161 Å². The van der Waals surface area contributed by atoms with Crippen LogP contribution in [-0.2, 0) is 4.79 Å². The zero-order valence-corrected chi connectivity index (χ0v) is 16.4. The number of carbonyl (C=O) groups is 1.